The Labute approximate surface area is 84.6 Å². The Kier molecular flexibility index (Phi) is 1.87. The van der Waals surface area contributed by atoms with E-state index in [0.29, 0.717) is 5.59 Å². The first-order valence-electron chi connectivity index (χ1n) is 4.58. The van der Waals surface area contributed by atoms with Crippen LogP contribution in [0.25, 0.3) is 11.0 Å². The topological polar surface area (TPSA) is 30.7 Å². The Hall–Kier alpha value is -1.32. The predicted molar refractivity (Wildman–Crippen MR) is 58.1 cm³/mol. The van der Waals surface area contributed by atoms with Gasteiger partial charge in [-0.2, -0.15) is 0 Å². The molecule has 0 unspecified atom stereocenters. The van der Waals surface area contributed by atoms with E-state index in [1.807, 2.05) is 20.9 Å². The van der Waals surface area contributed by atoms with Crippen molar-refractivity contribution in [3.05, 3.63) is 17.1 Å². The first-order chi connectivity index (χ1) is 6.52. The van der Waals surface area contributed by atoms with Gasteiger partial charge in [-0.05, 0) is 26.3 Å². The van der Waals surface area contributed by atoms with E-state index in [1.165, 1.54) is 11.3 Å². The quantitative estimate of drug-likeness (QED) is 0.565. The molecular weight excluding hydrogens is 173 g/mol. The Morgan fingerprint density at radius 3 is 2.43 bits per heavy atom. The molecule has 14 heavy (non-hydrogen) atoms. The molecule has 4 heteroatoms. The van der Waals surface area contributed by atoms with Crippen molar-refractivity contribution in [2.75, 3.05) is 0 Å². The summed E-state index contributed by atoms with van der Waals surface area (Å²) >= 11 is 0. The highest BCUT2D eigenvalue weighted by Crippen LogP contribution is 2.19. The molecule has 2 rings (SSSR count). The SMILES string of the molecule is [B]c1nc(C)nc2c1c(C)c(C)n2C. The van der Waals surface area contributed by atoms with Crippen LogP contribution in [0.1, 0.15) is 17.1 Å². The van der Waals surface area contributed by atoms with Crippen LogP contribution in [0.15, 0.2) is 0 Å². The molecule has 2 heterocycles. The summed E-state index contributed by atoms with van der Waals surface area (Å²) in [4.78, 5) is 8.56. The molecule has 0 aliphatic heterocycles. The maximum atomic E-state index is 5.88. The van der Waals surface area contributed by atoms with Gasteiger partial charge in [0.05, 0.1) is 0 Å². The van der Waals surface area contributed by atoms with Crippen LogP contribution in [0, 0.1) is 20.8 Å². The zero-order valence-corrected chi connectivity index (χ0v) is 8.92. The second-order valence-electron chi connectivity index (χ2n) is 3.62. The lowest BCUT2D eigenvalue weighted by molar-refractivity contribution is 0.888. The summed E-state index contributed by atoms with van der Waals surface area (Å²) in [5.74, 6) is 0.718. The second-order valence-corrected chi connectivity index (χ2v) is 3.62. The molecule has 0 spiro atoms. The molecule has 0 N–H and O–H groups in total. The number of rotatable bonds is 0. The minimum absolute atomic E-state index is 0.578. The van der Waals surface area contributed by atoms with E-state index in [4.69, 9.17) is 7.85 Å². The largest absolute Gasteiger partial charge is 0.333 e. The van der Waals surface area contributed by atoms with E-state index in [1.54, 1.807) is 0 Å². The molecule has 2 aromatic rings. The van der Waals surface area contributed by atoms with Crippen LogP contribution in [0.5, 0.6) is 0 Å². The molecular formula is C10H12BN3. The van der Waals surface area contributed by atoms with Crippen molar-refractivity contribution in [2.45, 2.75) is 20.8 Å². The molecule has 0 saturated carbocycles. The zero-order chi connectivity index (χ0) is 10.5. The lowest BCUT2D eigenvalue weighted by atomic mass is 9.98. The molecule has 0 atom stereocenters. The maximum Gasteiger partial charge on any atom is 0.143 e. The zero-order valence-electron chi connectivity index (χ0n) is 8.92. The summed E-state index contributed by atoms with van der Waals surface area (Å²) < 4.78 is 2.05. The standard InChI is InChI=1S/C10H12BN3/c1-5-6(2)14(4)10-8(5)9(11)12-7(3)13-10/h1-4H3. The third-order valence-corrected chi connectivity index (χ3v) is 2.77. The second kappa shape index (κ2) is 2.84. The molecule has 0 fully saturated rings. The molecule has 0 saturated heterocycles. The van der Waals surface area contributed by atoms with E-state index < -0.39 is 0 Å². The van der Waals surface area contributed by atoms with Crippen molar-refractivity contribution in [1.82, 2.24) is 14.5 Å². The summed E-state index contributed by atoms with van der Waals surface area (Å²) in [7, 11) is 7.87. The van der Waals surface area contributed by atoms with E-state index in [2.05, 4.69) is 21.5 Å². The summed E-state index contributed by atoms with van der Waals surface area (Å²) in [5.41, 5.74) is 3.85. The highest BCUT2D eigenvalue weighted by Gasteiger charge is 2.12. The van der Waals surface area contributed by atoms with Crippen LogP contribution in [-0.2, 0) is 7.05 Å². The van der Waals surface area contributed by atoms with Crippen LogP contribution < -0.4 is 5.59 Å². The molecule has 0 aliphatic rings. The summed E-state index contributed by atoms with van der Waals surface area (Å²) in [6.45, 7) is 5.96. The van der Waals surface area contributed by atoms with E-state index >= 15 is 0 Å². The van der Waals surface area contributed by atoms with Crippen molar-refractivity contribution in [1.29, 1.82) is 0 Å². The van der Waals surface area contributed by atoms with Gasteiger partial charge in [0, 0.05) is 23.7 Å². The highest BCUT2D eigenvalue weighted by molar-refractivity contribution is 6.37. The number of hydrogen-bond donors (Lipinski definition) is 0. The lowest BCUT2D eigenvalue weighted by Gasteiger charge is -2.00. The van der Waals surface area contributed by atoms with Gasteiger partial charge in [0.2, 0.25) is 0 Å². The van der Waals surface area contributed by atoms with Gasteiger partial charge in [0.25, 0.3) is 0 Å². The molecule has 0 aromatic carbocycles. The van der Waals surface area contributed by atoms with Crippen molar-refractivity contribution in [2.24, 2.45) is 7.05 Å². The molecule has 2 radical (unpaired) electrons. The van der Waals surface area contributed by atoms with Gasteiger partial charge in [0.15, 0.2) is 0 Å². The molecule has 0 aliphatic carbocycles. The summed E-state index contributed by atoms with van der Waals surface area (Å²) in [5, 5.41) is 0.982. The molecule has 3 nitrogen and oxygen atoms in total. The number of fused-ring (bicyclic) bond motifs is 1. The van der Waals surface area contributed by atoms with Gasteiger partial charge in [0.1, 0.15) is 19.3 Å². The Bertz CT molecular complexity index is 514. The van der Waals surface area contributed by atoms with E-state index in [-0.39, 0.29) is 0 Å². The van der Waals surface area contributed by atoms with Gasteiger partial charge in [-0.15, -0.1) is 0 Å². The third kappa shape index (κ3) is 1.06. The fourth-order valence-corrected chi connectivity index (χ4v) is 1.77. The first kappa shape index (κ1) is 9.25. The van der Waals surface area contributed by atoms with Crippen molar-refractivity contribution in [3.8, 4) is 0 Å². The Morgan fingerprint density at radius 2 is 1.79 bits per heavy atom. The monoisotopic (exact) mass is 185 g/mol. The number of hydrogen-bond acceptors (Lipinski definition) is 2. The fourth-order valence-electron chi connectivity index (χ4n) is 1.77. The van der Waals surface area contributed by atoms with Crippen LogP contribution in [0.2, 0.25) is 0 Å². The van der Waals surface area contributed by atoms with Gasteiger partial charge in [-0.25, -0.2) is 9.97 Å². The highest BCUT2D eigenvalue weighted by atomic mass is 15.0. The minimum atomic E-state index is 0.578. The van der Waals surface area contributed by atoms with Crippen molar-refractivity contribution in [3.63, 3.8) is 0 Å². The average Bonchev–Trinajstić information content (AvgIpc) is 2.31. The first-order valence-corrected chi connectivity index (χ1v) is 4.58. The Morgan fingerprint density at radius 1 is 1.14 bits per heavy atom. The molecule has 70 valence electrons. The summed E-state index contributed by atoms with van der Waals surface area (Å²) in [6.07, 6.45) is 0. The predicted octanol–water partition coefficient (Wildman–Crippen LogP) is 0.687. The molecule has 0 bridgehead atoms. The maximum absolute atomic E-state index is 5.88. The van der Waals surface area contributed by atoms with Gasteiger partial charge in [-0.1, -0.05) is 0 Å². The number of aryl methyl sites for hydroxylation is 3. The van der Waals surface area contributed by atoms with E-state index in [0.717, 1.165) is 16.9 Å². The summed E-state index contributed by atoms with van der Waals surface area (Å²) in [6, 6.07) is 0. The van der Waals surface area contributed by atoms with Crippen molar-refractivity contribution < 1.29 is 0 Å². The van der Waals surface area contributed by atoms with Gasteiger partial charge >= 0.3 is 0 Å². The van der Waals surface area contributed by atoms with Crippen LogP contribution >= 0.6 is 0 Å². The normalized spacial score (nSPS) is 11.1. The van der Waals surface area contributed by atoms with E-state index in [9.17, 15) is 0 Å². The fraction of sp³-hybridized carbons (Fsp3) is 0.400. The van der Waals surface area contributed by atoms with Crippen molar-refractivity contribution >= 4 is 24.5 Å². The smallest absolute Gasteiger partial charge is 0.143 e. The van der Waals surface area contributed by atoms with Crippen LogP contribution in [0.3, 0.4) is 0 Å². The molecule has 0 amide bonds. The van der Waals surface area contributed by atoms with Crippen LogP contribution in [-0.4, -0.2) is 22.4 Å². The number of nitrogens with zero attached hydrogens (tertiary/aromatic N) is 3. The minimum Gasteiger partial charge on any atom is -0.333 e. The Balaban J connectivity index is 3.02. The lowest BCUT2D eigenvalue weighted by Crippen LogP contribution is -2.13. The average molecular weight is 185 g/mol. The number of aromatic nitrogens is 3. The van der Waals surface area contributed by atoms with Gasteiger partial charge in [-0.3, -0.25) is 0 Å². The third-order valence-electron chi connectivity index (χ3n) is 2.77. The molecule has 2 aromatic heterocycles. The van der Waals surface area contributed by atoms with Gasteiger partial charge < -0.3 is 4.57 Å². The van der Waals surface area contributed by atoms with Crippen LogP contribution in [0.4, 0.5) is 0 Å².